The van der Waals surface area contributed by atoms with Crippen LogP contribution in [0.4, 0.5) is 10.1 Å². The number of hydrogen-bond acceptors (Lipinski definition) is 3. The van der Waals surface area contributed by atoms with Crippen molar-refractivity contribution in [3.63, 3.8) is 0 Å². The van der Waals surface area contributed by atoms with Gasteiger partial charge in [-0.25, -0.2) is 9.18 Å². The van der Waals surface area contributed by atoms with E-state index >= 15 is 0 Å². The number of aromatic nitrogens is 2. The van der Waals surface area contributed by atoms with E-state index in [4.69, 9.17) is 0 Å². The highest BCUT2D eigenvalue weighted by molar-refractivity contribution is 5.87. The molecule has 1 aromatic carbocycles. The Balaban J connectivity index is 1.98. The van der Waals surface area contributed by atoms with E-state index in [1.165, 1.54) is 6.07 Å². The number of aryl methyl sites for hydroxylation is 1. The van der Waals surface area contributed by atoms with Gasteiger partial charge in [0.25, 0.3) is 5.56 Å². The molecule has 1 saturated carbocycles. The lowest BCUT2D eigenvalue weighted by Crippen LogP contribution is -2.31. The van der Waals surface area contributed by atoms with Crippen molar-refractivity contribution in [2.75, 3.05) is 18.0 Å². The van der Waals surface area contributed by atoms with Crippen molar-refractivity contribution in [2.24, 2.45) is 5.92 Å². The van der Waals surface area contributed by atoms with E-state index in [0.717, 1.165) is 38.8 Å². The number of fused-ring (bicyclic) bond motifs is 1. The van der Waals surface area contributed by atoms with Gasteiger partial charge < -0.3 is 4.90 Å². The molecule has 1 aliphatic heterocycles. The van der Waals surface area contributed by atoms with Gasteiger partial charge in [-0.1, -0.05) is 13.3 Å². The van der Waals surface area contributed by atoms with Gasteiger partial charge in [-0.05, 0) is 38.2 Å². The van der Waals surface area contributed by atoms with E-state index in [1.54, 1.807) is 4.57 Å². The molecule has 1 aliphatic carbocycles. The smallest absolute Gasteiger partial charge is 0.329 e. The summed E-state index contributed by atoms with van der Waals surface area (Å²) in [5, 5.41) is 0.270. The Morgan fingerprint density at radius 2 is 2.04 bits per heavy atom. The molecule has 1 N–H and O–H groups in total. The highest BCUT2D eigenvalue weighted by Gasteiger charge is 2.31. The topological polar surface area (TPSA) is 58.1 Å². The van der Waals surface area contributed by atoms with Crippen LogP contribution in [0.1, 0.15) is 44.2 Å². The van der Waals surface area contributed by atoms with Crippen molar-refractivity contribution in [1.29, 1.82) is 0 Å². The molecule has 1 aromatic heterocycles. The molecule has 2 aromatic rings. The van der Waals surface area contributed by atoms with Crippen LogP contribution in [0.2, 0.25) is 0 Å². The fourth-order valence-electron chi connectivity index (χ4n) is 4.00. The van der Waals surface area contributed by atoms with Gasteiger partial charge in [0, 0.05) is 24.7 Å². The van der Waals surface area contributed by atoms with E-state index in [0.29, 0.717) is 22.7 Å². The molecule has 24 heavy (non-hydrogen) atoms. The summed E-state index contributed by atoms with van der Waals surface area (Å²) in [4.78, 5) is 28.9. The average molecular weight is 331 g/mol. The zero-order chi connectivity index (χ0) is 17.0. The Labute approximate surface area is 139 Å². The molecule has 2 fully saturated rings. The van der Waals surface area contributed by atoms with Gasteiger partial charge in [0.1, 0.15) is 5.82 Å². The Morgan fingerprint density at radius 1 is 1.29 bits per heavy atom. The standard InChI is InChI=1S/C18H22FN3O2/c1-3-11-6-7-21(9-11)16-10(2)15-13(8-14(16)19)17(23)20-18(24)22(15)12-4-5-12/h8,11-12H,3-7,9H2,1-2H3,(H,20,23,24)/t11-/m1/s1. The molecule has 0 unspecified atom stereocenters. The number of halogens is 1. The molecule has 5 nitrogen and oxygen atoms in total. The van der Waals surface area contributed by atoms with Gasteiger partial charge in [-0.2, -0.15) is 0 Å². The first-order chi connectivity index (χ1) is 11.5. The van der Waals surface area contributed by atoms with E-state index in [1.807, 2.05) is 6.92 Å². The first-order valence-electron chi connectivity index (χ1n) is 8.73. The normalized spacial score (nSPS) is 21.0. The van der Waals surface area contributed by atoms with E-state index in [2.05, 4.69) is 16.8 Å². The van der Waals surface area contributed by atoms with Crippen molar-refractivity contribution < 1.29 is 4.39 Å². The highest BCUT2D eigenvalue weighted by atomic mass is 19.1. The van der Waals surface area contributed by atoms with Crippen LogP contribution in [0.5, 0.6) is 0 Å². The molecule has 0 radical (unpaired) electrons. The quantitative estimate of drug-likeness (QED) is 0.941. The predicted molar refractivity (Wildman–Crippen MR) is 92.4 cm³/mol. The number of aromatic amines is 1. The van der Waals surface area contributed by atoms with E-state index in [9.17, 15) is 14.0 Å². The molecule has 0 amide bonds. The maximum absolute atomic E-state index is 14.8. The summed E-state index contributed by atoms with van der Waals surface area (Å²) in [6.45, 7) is 5.63. The minimum atomic E-state index is -0.506. The maximum atomic E-state index is 14.8. The predicted octanol–water partition coefficient (Wildman–Crippen LogP) is 2.71. The molecule has 0 bridgehead atoms. The molecule has 1 atom stereocenters. The third-order valence-corrected chi connectivity index (χ3v) is 5.48. The number of nitrogens with one attached hydrogen (secondary N) is 1. The van der Waals surface area contributed by atoms with Crippen LogP contribution in [0.25, 0.3) is 10.9 Å². The van der Waals surface area contributed by atoms with Gasteiger partial charge in [0.15, 0.2) is 0 Å². The van der Waals surface area contributed by atoms with Gasteiger partial charge in [0.2, 0.25) is 0 Å². The molecule has 2 heterocycles. The fraction of sp³-hybridized carbons (Fsp3) is 0.556. The first kappa shape index (κ1) is 15.4. The second kappa shape index (κ2) is 5.46. The van der Waals surface area contributed by atoms with Crippen LogP contribution >= 0.6 is 0 Å². The minimum Gasteiger partial charge on any atom is -0.369 e. The van der Waals surface area contributed by atoms with Gasteiger partial charge >= 0.3 is 5.69 Å². The fourth-order valence-corrected chi connectivity index (χ4v) is 4.00. The van der Waals surface area contributed by atoms with Crippen LogP contribution in [0.15, 0.2) is 15.7 Å². The summed E-state index contributed by atoms with van der Waals surface area (Å²) in [7, 11) is 0. The lowest BCUT2D eigenvalue weighted by molar-refractivity contribution is 0.567. The highest BCUT2D eigenvalue weighted by Crippen LogP contribution is 2.39. The first-order valence-corrected chi connectivity index (χ1v) is 8.73. The zero-order valence-electron chi connectivity index (χ0n) is 14.1. The summed E-state index contributed by atoms with van der Waals surface area (Å²) in [5.41, 5.74) is 0.967. The lowest BCUT2D eigenvalue weighted by Gasteiger charge is -2.23. The van der Waals surface area contributed by atoms with Crippen LogP contribution in [-0.2, 0) is 0 Å². The molecule has 4 rings (SSSR count). The molecular formula is C18H22FN3O2. The number of anilines is 1. The molecule has 1 saturated heterocycles. The van der Waals surface area contributed by atoms with Crippen LogP contribution in [-0.4, -0.2) is 22.6 Å². The van der Waals surface area contributed by atoms with Gasteiger partial charge in [-0.15, -0.1) is 0 Å². The van der Waals surface area contributed by atoms with Crippen molar-refractivity contribution in [3.05, 3.63) is 38.3 Å². The number of benzene rings is 1. The Morgan fingerprint density at radius 3 is 2.67 bits per heavy atom. The molecule has 0 spiro atoms. The van der Waals surface area contributed by atoms with Gasteiger partial charge in [-0.3, -0.25) is 14.3 Å². The Hall–Kier alpha value is -2.11. The summed E-state index contributed by atoms with van der Waals surface area (Å²) in [5.74, 6) is 0.201. The number of rotatable bonds is 3. The SMILES string of the molecule is CC[C@@H]1CCN(c2c(F)cc3c(=O)[nH]c(=O)n(C4CC4)c3c2C)C1. The summed E-state index contributed by atoms with van der Waals surface area (Å²) >= 11 is 0. The van der Waals surface area contributed by atoms with E-state index in [-0.39, 0.29) is 22.9 Å². The molecule has 128 valence electrons. The van der Waals surface area contributed by atoms with Crippen LogP contribution in [0.3, 0.4) is 0 Å². The zero-order valence-corrected chi connectivity index (χ0v) is 14.1. The van der Waals surface area contributed by atoms with Gasteiger partial charge in [0.05, 0.1) is 16.6 Å². The molecule has 6 heteroatoms. The summed E-state index contributed by atoms with van der Waals surface area (Å²) < 4.78 is 16.5. The van der Waals surface area contributed by atoms with Crippen molar-refractivity contribution in [3.8, 4) is 0 Å². The third-order valence-electron chi connectivity index (χ3n) is 5.48. The Kier molecular flexibility index (Phi) is 3.51. The maximum Gasteiger partial charge on any atom is 0.329 e. The summed E-state index contributed by atoms with van der Waals surface area (Å²) in [6.07, 6.45) is 3.99. The van der Waals surface area contributed by atoms with Crippen molar-refractivity contribution in [1.82, 2.24) is 9.55 Å². The second-order valence-corrected chi connectivity index (χ2v) is 7.10. The largest absolute Gasteiger partial charge is 0.369 e. The Bertz CT molecular complexity index is 926. The van der Waals surface area contributed by atoms with E-state index < -0.39 is 5.56 Å². The number of nitrogens with zero attached hydrogens (tertiary/aromatic N) is 2. The summed E-state index contributed by atoms with van der Waals surface area (Å²) in [6, 6.07) is 1.42. The average Bonchev–Trinajstić information content (AvgIpc) is 3.26. The lowest BCUT2D eigenvalue weighted by atomic mass is 10.1. The minimum absolute atomic E-state index is 0.121. The third kappa shape index (κ3) is 2.27. The molecule has 2 aliphatic rings. The van der Waals surface area contributed by atoms with Crippen molar-refractivity contribution in [2.45, 2.75) is 45.6 Å². The van der Waals surface area contributed by atoms with Crippen LogP contribution < -0.4 is 16.1 Å². The number of hydrogen-bond donors (Lipinski definition) is 1. The second-order valence-electron chi connectivity index (χ2n) is 7.10. The monoisotopic (exact) mass is 331 g/mol. The molecular weight excluding hydrogens is 309 g/mol. The number of H-pyrrole nitrogens is 1. The van der Waals surface area contributed by atoms with Crippen LogP contribution in [0, 0.1) is 18.7 Å². The van der Waals surface area contributed by atoms with Crippen molar-refractivity contribution >= 4 is 16.6 Å².